The van der Waals surface area contributed by atoms with Crippen molar-refractivity contribution < 1.29 is 14.3 Å². The molecule has 0 bridgehead atoms. The van der Waals surface area contributed by atoms with Crippen molar-refractivity contribution >= 4 is 12.0 Å². The van der Waals surface area contributed by atoms with Crippen LogP contribution in [0.5, 0.6) is 0 Å². The highest BCUT2D eigenvalue weighted by Gasteiger charge is 2.20. The monoisotopic (exact) mass is 323 g/mol. The third-order valence-electron chi connectivity index (χ3n) is 3.92. The van der Waals surface area contributed by atoms with Gasteiger partial charge in [0.1, 0.15) is 5.56 Å². The number of imide groups is 1. The van der Waals surface area contributed by atoms with Gasteiger partial charge in [-0.05, 0) is 19.8 Å². The lowest BCUT2D eigenvalue weighted by Gasteiger charge is -2.17. The second kappa shape index (κ2) is 7.75. The Morgan fingerprint density at radius 1 is 1.26 bits per heavy atom. The Hall–Kier alpha value is -2.38. The molecule has 1 saturated carbocycles. The highest BCUT2D eigenvalue weighted by atomic mass is 16.5. The minimum Gasteiger partial charge on any atom is -0.450 e. The van der Waals surface area contributed by atoms with Gasteiger partial charge in [0, 0.05) is 12.2 Å². The smallest absolute Gasteiger partial charge is 0.414 e. The van der Waals surface area contributed by atoms with Crippen molar-refractivity contribution in [2.24, 2.45) is 0 Å². The summed E-state index contributed by atoms with van der Waals surface area (Å²) in [5, 5.41) is 1.96. The molecule has 1 heterocycles. The number of amides is 2. The second-order valence-corrected chi connectivity index (χ2v) is 5.53. The molecule has 1 aliphatic carbocycles. The summed E-state index contributed by atoms with van der Waals surface area (Å²) < 4.78 is 6.00. The molecule has 1 aromatic rings. The van der Waals surface area contributed by atoms with Crippen LogP contribution >= 0.6 is 0 Å². The molecule has 0 saturated heterocycles. The quantitative estimate of drug-likeness (QED) is 0.815. The molecule has 0 atom stereocenters. The highest BCUT2D eigenvalue weighted by Crippen LogP contribution is 2.25. The van der Waals surface area contributed by atoms with Crippen LogP contribution in [0.2, 0.25) is 0 Å². The van der Waals surface area contributed by atoms with Crippen LogP contribution in [0.15, 0.2) is 15.8 Å². The first-order chi connectivity index (χ1) is 11.0. The van der Waals surface area contributed by atoms with Gasteiger partial charge < -0.3 is 4.74 Å². The molecule has 23 heavy (non-hydrogen) atoms. The number of nitrogens with zero attached hydrogens (tertiary/aromatic N) is 1. The van der Waals surface area contributed by atoms with E-state index in [-0.39, 0.29) is 18.2 Å². The predicted octanol–water partition coefficient (Wildman–Crippen LogP) is 1.32. The van der Waals surface area contributed by atoms with E-state index in [1.165, 1.54) is 10.8 Å². The van der Waals surface area contributed by atoms with Crippen LogP contribution in [0, 0.1) is 0 Å². The average molecular weight is 323 g/mol. The highest BCUT2D eigenvalue weighted by molar-refractivity contribution is 6.02. The number of hydrogen-bond acceptors (Lipinski definition) is 5. The molecule has 126 valence electrons. The fourth-order valence-corrected chi connectivity index (χ4v) is 2.78. The van der Waals surface area contributed by atoms with Crippen LogP contribution in [0.4, 0.5) is 4.79 Å². The molecule has 0 aliphatic heterocycles. The van der Waals surface area contributed by atoms with Gasteiger partial charge >= 0.3 is 11.8 Å². The number of hydrogen-bond donors (Lipinski definition) is 2. The van der Waals surface area contributed by atoms with Gasteiger partial charge in [-0.15, -0.1) is 0 Å². The largest absolute Gasteiger partial charge is 0.450 e. The van der Waals surface area contributed by atoms with E-state index in [9.17, 15) is 19.2 Å². The SMILES string of the molecule is CCOC(=O)NC(=O)c1cn(C2CCCCCC2)c(=O)[nH]c1=O. The third-order valence-corrected chi connectivity index (χ3v) is 3.92. The Labute approximate surface area is 132 Å². The van der Waals surface area contributed by atoms with Gasteiger partial charge in [-0.3, -0.25) is 24.5 Å². The molecule has 0 spiro atoms. The minimum absolute atomic E-state index is 0.0454. The lowest BCUT2D eigenvalue weighted by atomic mass is 10.1. The number of alkyl carbamates (subject to hydrolysis) is 1. The van der Waals surface area contributed by atoms with E-state index in [4.69, 9.17) is 0 Å². The van der Waals surface area contributed by atoms with Crippen molar-refractivity contribution in [2.75, 3.05) is 6.61 Å². The normalized spacial score (nSPS) is 15.7. The van der Waals surface area contributed by atoms with E-state index in [2.05, 4.69) is 9.72 Å². The Balaban J connectivity index is 2.28. The van der Waals surface area contributed by atoms with Crippen LogP contribution in [0.3, 0.4) is 0 Å². The van der Waals surface area contributed by atoms with Crippen LogP contribution in [0.25, 0.3) is 0 Å². The predicted molar refractivity (Wildman–Crippen MR) is 82.5 cm³/mol. The lowest BCUT2D eigenvalue weighted by molar-refractivity contribution is 0.0922. The van der Waals surface area contributed by atoms with E-state index in [1.807, 2.05) is 5.32 Å². The summed E-state index contributed by atoms with van der Waals surface area (Å²) in [5.41, 5.74) is -1.63. The summed E-state index contributed by atoms with van der Waals surface area (Å²) >= 11 is 0. The zero-order chi connectivity index (χ0) is 16.8. The van der Waals surface area contributed by atoms with E-state index in [0.29, 0.717) is 0 Å². The summed E-state index contributed by atoms with van der Waals surface area (Å²) in [6, 6.07) is -0.0454. The molecule has 2 N–H and O–H groups in total. The Morgan fingerprint density at radius 3 is 2.52 bits per heavy atom. The number of aromatic nitrogens is 2. The van der Waals surface area contributed by atoms with Crippen molar-refractivity contribution in [1.82, 2.24) is 14.9 Å². The number of nitrogens with one attached hydrogen (secondary N) is 2. The van der Waals surface area contributed by atoms with Gasteiger partial charge in [0.2, 0.25) is 0 Å². The number of ether oxygens (including phenoxy) is 1. The fourth-order valence-electron chi connectivity index (χ4n) is 2.78. The molecular formula is C15H21N3O5. The molecule has 1 aliphatic rings. The average Bonchev–Trinajstić information content (AvgIpc) is 2.76. The van der Waals surface area contributed by atoms with Crippen LogP contribution in [-0.2, 0) is 4.74 Å². The van der Waals surface area contributed by atoms with Crippen LogP contribution in [0.1, 0.15) is 61.8 Å². The molecule has 2 rings (SSSR count). The van der Waals surface area contributed by atoms with Gasteiger partial charge in [0.25, 0.3) is 11.5 Å². The van der Waals surface area contributed by atoms with Crippen LogP contribution in [-0.4, -0.2) is 28.2 Å². The van der Waals surface area contributed by atoms with Gasteiger partial charge in [-0.25, -0.2) is 9.59 Å². The molecule has 0 aromatic carbocycles. The van der Waals surface area contributed by atoms with Gasteiger partial charge in [-0.2, -0.15) is 0 Å². The number of rotatable bonds is 3. The summed E-state index contributed by atoms with van der Waals surface area (Å²) in [5.74, 6) is -0.882. The third kappa shape index (κ3) is 4.30. The lowest BCUT2D eigenvalue weighted by Crippen LogP contribution is -2.40. The topological polar surface area (TPSA) is 110 Å². The van der Waals surface area contributed by atoms with Crippen molar-refractivity contribution in [2.45, 2.75) is 51.5 Å². The maximum absolute atomic E-state index is 12.0. The number of H-pyrrole nitrogens is 1. The maximum atomic E-state index is 12.0. The van der Waals surface area contributed by atoms with Crippen molar-refractivity contribution in [1.29, 1.82) is 0 Å². The van der Waals surface area contributed by atoms with Gasteiger partial charge in [0.15, 0.2) is 0 Å². The molecule has 0 radical (unpaired) electrons. The minimum atomic E-state index is -0.927. The molecular weight excluding hydrogens is 302 g/mol. The molecule has 1 aromatic heterocycles. The summed E-state index contributed by atoms with van der Waals surface area (Å²) in [4.78, 5) is 49.3. The van der Waals surface area contributed by atoms with E-state index in [1.54, 1.807) is 6.92 Å². The first-order valence-corrected chi connectivity index (χ1v) is 7.86. The number of carbonyl (C=O) groups excluding carboxylic acids is 2. The molecule has 0 unspecified atom stereocenters. The van der Waals surface area contributed by atoms with Crippen molar-refractivity contribution in [3.63, 3.8) is 0 Å². The second-order valence-electron chi connectivity index (χ2n) is 5.53. The summed E-state index contributed by atoms with van der Waals surface area (Å²) in [7, 11) is 0. The summed E-state index contributed by atoms with van der Waals surface area (Å²) in [6.07, 6.45) is 6.20. The zero-order valence-electron chi connectivity index (χ0n) is 13.1. The Bertz CT molecular complexity index is 683. The van der Waals surface area contributed by atoms with E-state index in [0.717, 1.165) is 38.5 Å². The van der Waals surface area contributed by atoms with E-state index < -0.39 is 23.2 Å². The molecule has 8 nitrogen and oxygen atoms in total. The zero-order valence-corrected chi connectivity index (χ0v) is 13.1. The van der Waals surface area contributed by atoms with E-state index >= 15 is 0 Å². The molecule has 1 fully saturated rings. The van der Waals surface area contributed by atoms with Crippen molar-refractivity contribution in [3.05, 3.63) is 32.6 Å². The van der Waals surface area contributed by atoms with Crippen LogP contribution < -0.4 is 16.6 Å². The first kappa shape index (κ1) is 17.0. The first-order valence-electron chi connectivity index (χ1n) is 7.86. The summed E-state index contributed by atoms with van der Waals surface area (Å²) in [6.45, 7) is 1.71. The fraction of sp³-hybridized carbons (Fsp3) is 0.600. The number of carbonyl (C=O) groups is 2. The standard InChI is InChI=1S/C15H21N3O5/c1-2-23-15(22)17-13(20)11-9-18(14(21)16-12(11)19)10-7-5-3-4-6-8-10/h9-10H,2-8H2,1H3,(H,16,19,21)(H,17,20,22). The Morgan fingerprint density at radius 2 is 1.91 bits per heavy atom. The molecule has 8 heteroatoms. The van der Waals surface area contributed by atoms with Gasteiger partial charge in [-0.1, -0.05) is 25.7 Å². The Kier molecular flexibility index (Phi) is 5.72. The maximum Gasteiger partial charge on any atom is 0.414 e. The van der Waals surface area contributed by atoms with Gasteiger partial charge in [0.05, 0.1) is 6.61 Å². The van der Waals surface area contributed by atoms with Crippen molar-refractivity contribution in [3.8, 4) is 0 Å². The molecule has 2 amide bonds. The number of aromatic amines is 1.